The summed E-state index contributed by atoms with van der Waals surface area (Å²) >= 11 is 0. The second-order valence-electron chi connectivity index (χ2n) is 25.0. The molecule has 0 aromatic rings. The van der Waals surface area contributed by atoms with Gasteiger partial charge in [0.1, 0.15) is 110 Å². The first-order valence-electron chi connectivity index (χ1n) is 32.9. The Balaban J connectivity index is 1.56. The normalized spacial score (nSPS) is 37.6. The van der Waals surface area contributed by atoms with Crippen LogP contribution in [0.3, 0.4) is 0 Å². The van der Waals surface area contributed by atoms with Gasteiger partial charge < -0.3 is 142 Å². The lowest BCUT2D eigenvalue weighted by Gasteiger charge is -2.53. The number of ether oxygens (including phenoxy) is 30. The molecule has 54 heteroatoms. The molecule has 22 saturated heterocycles. The lowest BCUT2D eigenvalue weighted by Crippen LogP contribution is -2.71. The van der Waals surface area contributed by atoms with Crippen molar-refractivity contribution in [3.63, 3.8) is 0 Å². The van der Waals surface area contributed by atoms with E-state index < -0.39 is 297 Å². The van der Waals surface area contributed by atoms with E-state index in [0.717, 1.165) is 42.7 Å². The Kier molecular flexibility index (Phi) is 33.7. The fourth-order valence-corrected chi connectivity index (χ4v) is 13.1. The molecule has 0 amide bonds. The highest BCUT2D eigenvalue weighted by molar-refractivity contribution is 5.78. The second kappa shape index (κ2) is 40.1. The van der Waals surface area contributed by atoms with Gasteiger partial charge in [0.15, 0.2) is 74.4 Å². The number of methoxy groups -OCH3 is 12. The van der Waals surface area contributed by atoms with Gasteiger partial charge in [-0.3, -0.25) is 0 Å². The topological polar surface area (TPSA) is 379 Å². The van der Waals surface area contributed by atoms with Crippen molar-refractivity contribution in [2.75, 3.05) is 125 Å². The molecule has 22 rings (SSSR count). The first-order valence-corrected chi connectivity index (χ1v) is 32.9. The van der Waals surface area contributed by atoms with E-state index in [1.165, 1.54) is 0 Å². The van der Waals surface area contributed by atoms with E-state index in [0.29, 0.717) is 42.7 Å². The molecule has 0 aromatic carbocycles. The van der Waals surface area contributed by atoms with Crippen LogP contribution in [0.25, 0.3) is 0 Å². The first-order chi connectivity index (χ1) is 53.3. The largest absolute Gasteiger partial charge is 0.490 e. The molecule has 0 spiro atoms. The summed E-state index contributed by atoms with van der Waals surface area (Å²) < 4.78 is 432. The van der Waals surface area contributed by atoms with Gasteiger partial charge in [0.2, 0.25) is 0 Å². The van der Waals surface area contributed by atoms with Crippen LogP contribution in [0.2, 0.25) is 0 Å². The van der Waals surface area contributed by atoms with Gasteiger partial charge in [0.25, 0.3) is 0 Å². The van der Waals surface area contributed by atoms with Gasteiger partial charge in [-0.15, -0.1) is 0 Å². The number of hydrogen-bond donors (Lipinski definition) is 0. The van der Waals surface area contributed by atoms with Crippen LogP contribution in [0, 0.1) is 0 Å². The first kappa shape index (κ1) is 95.7. The van der Waals surface area contributed by atoms with Crippen LogP contribution >= 0.6 is 0 Å². The van der Waals surface area contributed by atoms with Crippen LogP contribution in [0.15, 0.2) is 0 Å². The molecular formula is C60H78F18O36. The van der Waals surface area contributed by atoms with Gasteiger partial charge in [-0.2, -0.15) is 79.0 Å². The lowest BCUT2D eigenvalue weighted by molar-refractivity contribution is -0.409. The van der Waals surface area contributed by atoms with Crippen LogP contribution in [0.5, 0.6) is 0 Å². The molecule has 0 aliphatic carbocycles. The minimum absolute atomic E-state index is 0.617. The molecule has 0 saturated carbocycles. The minimum Gasteiger partial charge on any atom is -0.450 e. The Morgan fingerprint density at radius 2 is 0.316 bits per heavy atom. The lowest BCUT2D eigenvalue weighted by atomic mass is 9.94. The van der Waals surface area contributed by atoms with E-state index in [2.05, 4.69) is 0 Å². The molecule has 0 unspecified atom stereocenters. The van der Waals surface area contributed by atoms with Gasteiger partial charge in [0, 0.05) is 85.3 Å². The molecule has 22 heterocycles. The third kappa shape index (κ3) is 22.7. The SMILES string of the molecule is COC[C@H]1O[C@@H]2O[C@H]3[C@H](OC(=O)C(F)(F)F)[C@@H](OC)[C@@H](O[C@H]4[C@H](OC(=O)C(F)(F)F)[C@@H](OC)[C@@H](O[C@H]5[C@H](OC(=O)C(F)(F)F)[C@@H](OC)[C@@H](O[C@H]6[C@H](OC(=O)C(F)(F)F)[C@@H](OC)[C@@H](O[C@H]7[C@H](OC(=O)C(F)(F)F)[C@@H](OC)[C@@H](O[C@H]1[C@H](OC(=O)C(F)(F)F)[C@H]2OC)O[C@@H]7COC)O[C@@H]6COC)O[C@@H]5COC)O[C@@H]4COC)O[C@@H]3COC. The van der Waals surface area contributed by atoms with E-state index in [1.54, 1.807) is 0 Å². The van der Waals surface area contributed by atoms with Crippen LogP contribution in [0.1, 0.15) is 0 Å². The average Bonchev–Trinajstić information content (AvgIpc) is 0.755. The highest BCUT2D eigenvalue weighted by Gasteiger charge is 2.66. The average molecular weight is 1720 g/mol. The van der Waals surface area contributed by atoms with Crippen LogP contribution < -0.4 is 0 Å². The zero-order valence-electron chi connectivity index (χ0n) is 61.1. The molecule has 12 bridgehead atoms. The monoisotopic (exact) mass is 1720 g/mol. The summed E-state index contributed by atoms with van der Waals surface area (Å²) in [4.78, 5) is 79.5. The standard InChI is InChI=1S/C60H78F18O36/c1-85-13-19-25-31(109-49(79)55(61,62)63)37(91-7)43(97-19)104-26-20(14-86-2)99-45(39(93-9)32(26)110-50(80)56(64,65)66)106-28-22(16-88-4)101-47(41(95-11)34(28)112-52(82)58(70,71)72)108-30-24(18-90-6)102-48(42(96-12)36(30)114-54(84)60(76,77)78)107-29-23(17-89-5)100-46(40(94-10)35(29)113-53(83)59(73,74)75)105-27-21(15-87-3)98-44(103-25)38(92-8)33(27)111-51(81)57(67,68)69/h19-48H,13-18H2,1-12H3/t19-,20-,21-,22-,23-,24-,25-,26-,27-,28-,29-,30-,31+,32+,33+,34+,35+,36+,37-,38-,39-,40-,41-,42-,43-,44-,45-,46-,47-,48-/m1/s1. The summed E-state index contributed by atoms with van der Waals surface area (Å²) in [7, 11) is 8.85. The van der Waals surface area contributed by atoms with Crippen molar-refractivity contribution in [2.24, 2.45) is 0 Å². The van der Waals surface area contributed by atoms with Crippen molar-refractivity contribution in [3.05, 3.63) is 0 Å². The fraction of sp³-hybridized carbons (Fsp3) is 0.900. The number of esters is 6. The smallest absolute Gasteiger partial charge is 0.450 e. The number of alkyl halides is 18. The van der Waals surface area contributed by atoms with Gasteiger partial charge >= 0.3 is 72.9 Å². The Morgan fingerprint density at radius 3 is 0.404 bits per heavy atom. The Labute approximate surface area is 631 Å². The molecular weight excluding hydrogens is 1640 g/mol. The zero-order chi connectivity index (χ0) is 85.2. The van der Waals surface area contributed by atoms with E-state index in [1.807, 2.05) is 0 Å². The maximum atomic E-state index is 14.7. The highest BCUT2D eigenvalue weighted by Crippen LogP contribution is 2.45. The summed E-state index contributed by atoms with van der Waals surface area (Å²) in [5.41, 5.74) is 0. The summed E-state index contributed by atoms with van der Waals surface area (Å²) in [5, 5.41) is 0. The van der Waals surface area contributed by atoms with Crippen molar-refractivity contribution in [3.8, 4) is 0 Å². The number of halogens is 18. The second-order valence-corrected chi connectivity index (χ2v) is 25.0. The molecule has 22 aliphatic rings. The number of carbonyl (C=O) groups excluding carboxylic acids is 6. The Bertz CT molecular complexity index is 2590. The molecule has 0 aromatic heterocycles. The maximum Gasteiger partial charge on any atom is 0.490 e. The maximum absolute atomic E-state index is 14.7. The zero-order valence-corrected chi connectivity index (χ0v) is 61.1. The summed E-state index contributed by atoms with van der Waals surface area (Å²) in [6, 6.07) is 0. The number of rotatable bonds is 24. The molecule has 660 valence electrons. The molecule has 0 N–H and O–H groups in total. The van der Waals surface area contributed by atoms with E-state index in [-0.39, 0.29) is 0 Å². The third-order valence-electron chi connectivity index (χ3n) is 17.8. The summed E-state index contributed by atoms with van der Waals surface area (Å²) in [6.45, 7) is -6.49. The van der Waals surface area contributed by atoms with Crippen LogP contribution in [-0.2, 0) is 171 Å². The van der Waals surface area contributed by atoms with Crippen LogP contribution in [0.4, 0.5) is 79.0 Å². The molecule has 36 nitrogen and oxygen atoms in total. The predicted molar refractivity (Wildman–Crippen MR) is 313 cm³/mol. The third-order valence-corrected chi connectivity index (χ3v) is 17.8. The quantitative estimate of drug-likeness (QED) is 0.0750. The van der Waals surface area contributed by atoms with Crippen molar-refractivity contribution in [1.82, 2.24) is 0 Å². The molecule has 30 atom stereocenters. The van der Waals surface area contributed by atoms with Gasteiger partial charge in [-0.25, -0.2) is 28.8 Å². The van der Waals surface area contributed by atoms with Gasteiger partial charge in [-0.05, 0) is 0 Å². The molecule has 22 fully saturated rings. The number of hydrogen-bond acceptors (Lipinski definition) is 36. The summed E-state index contributed by atoms with van der Waals surface area (Å²) in [6.07, 6.45) is -114. The van der Waals surface area contributed by atoms with Crippen molar-refractivity contribution in [2.45, 2.75) is 221 Å². The van der Waals surface area contributed by atoms with Gasteiger partial charge in [-0.1, -0.05) is 0 Å². The highest BCUT2D eigenvalue weighted by atomic mass is 19.4. The van der Waals surface area contributed by atoms with Crippen LogP contribution in [-0.4, -0.2) is 382 Å². The Hall–Kier alpha value is -5.40. The van der Waals surface area contributed by atoms with Crippen molar-refractivity contribution < 1.29 is 250 Å². The Morgan fingerprint density at radius 1 is 0.202 bits per heavy atom. The van der Waals surface area contributed by atoms with E-state index in [4.69, 9.17) is 142 Å². The fourth-order valence-electron chi connectivity index (χ4n) is 13.1. The predicted octanol–water partition coefficient (Wildman–Crippen LogP) is 1.47. The summed E-state index contributed by atoms with van der Waals surface area (Å²) in [5.74, 6) is -18.9. The van der Waals surface area contributed by atoms with Crippen molar-refractivity contribution >= 4 is 35.8 Å². The molecule has 0 radical (unpaired) electrons. The van der Waals surface area contributed by atoms with Gasteiger partial charge in [0.05, 0.1) is 39.6 Å². The van der Waals surface area contributed by atoms with E-state index in [9.17, 15) is 108 Å². The number of carbonyl (C=O) groups is 6. The minimum atomic E-state index is -6.05. The molecule has 22 aliphatic heterocycles. The van der Waals surface area contributed by atoms with E-state index >= 15 is 0 Å². The molecule has 114 heavy (non-hydrogen) atoms. The van der Waals surface area contributed by atoms with Crippen molar-refractivity contribution in [1.29, 1.82) is 0 Å².